The van der Waals surface area contributed by atoms with Gasteiger partial charge in [0.05, 0.1) is 5.52 Å². The standard InChI is InChI=1S/C64H56BN2O/c1-61(2,3)38-20-23-40(24-21-38)66-54-33-51-45(42-25-22-39(62(4,5)6)30-50(42)64(51,9)10)31-47(54)43-26-27-44-48-32-46-41-18-14-15-19-49(41)63(7,8)52(46)34-55(48)67-56-35-58-37(28-53(56)65-59(43)60(44)67)29-57(68-58)36-16-12-11-13-17-36/h11-35,66H,1-10H3. The summed E-state index contributed by atoms with van der Waals surface area (Å²) in [4.78, 5) is 0. The first-order valence-electron chi connectivity index (χ1n) is 24.4. The Hall–Kier alpha value is -7.04. The predicted octanol–water partition coefficient (Wildman–Crippen LogP) is 15.8. The number of furan rings is 1. The zero-order chi connectivity index (χ0) is 46.8. The van der Waals surface area contributed by atoms with Gasteiger partial charge in [0, 0.05) is 66.8 Å². The Morgan fingerprint density at radius 3 is 1.93 bits per heavy atom. The summed E-state index contributed by atoms with van der Waals surface area (Å²) in [5.41, 5.74) is 25.8. The molecular formula is C64H56BN2O. The van der Waals surface area contributed by atoms with E-state index in [9.17, 15) is 0 Å². The minimum absolute atomic E-state index is 0.0457. The first kappa shape index (κ1) is 41.2. The van der Waals surface area contributed by atoms with E-state index in [1.165, 1.54) is 99.5 Å². The minimum Gasteiger partial charge on any atom is -0.456 e. The van der Waals surface area contributed by atoms with Crippen LogP contribution in [0.1, 0.15) is 103 Å². The molecule has 8 aromatic carbocycles. The first-order chi connectivity index (χ1) is 32.4. The van der Waals surface area contributed by atoms with E-state index in [1.807, 2.05) is 0 Å². The maximum absolute atomic E-state index is 6.71. The van der Waals surface area contributed by atoms with Gasteiger partial charge in [-0.1, -0.05) is 178 Å². The number of anilines is 2. The molecule has 0 atom stereocenters. The molecule has 3 nitrogen and oxygen atoms in total. The molecule has 1 radical (unpaired) electrons. The Kier molecular flexibility index (Phi) is 8.35. The molecular weight excluding hydrogens is 824 g/mol. The van der Waals surface area contributed by atoms with Crippen LogP contribution in [0.5, 0.6) is 0 Å². The molecule has 0 fully saturated rings. The fourth-order valence-electron chi connectivity index (χ4n) is 12.0. The summed E-state index contributed by atoms with van der Waals surface area (Å²) in [5, 5.41) is 7.63. The highest BCUT2D eigenvalue weighted by Gasteiger charge is 2.40. The molecule has 0 saturated heterocycles. The van der Waals surface area contributed by atoms with Crippen LogP contribution in [0.4, 0.5) is 11.4 Å². The lowest BCUT2D eigenvalue weighted by Crippen LogP contribution is -2.37. The van der Waals surface area contributed by atoms with Crippen molar-refractivity contribution >= 4 is 62.4 Å². The van der Waals surface area contributed by atoms with Crippen LogP contribution in [0.15, 0.2) is 156 Å². The van der Waals surface area contributed by atoms with Gasteiger partial charge in [0.25, 0.3) is 0 Å². The SMILES string of the molecule is CC(C)(C)c1ccc(Nc2cc3c(cc2-c2ccc4c5cc6c(cc5n5c4c2[B]c2cc4cc(-c7ccccc7)oc4cc2-5)C(C)(C)c2ccccc2-6)-c2ccc(C(C)(C)C)cc2C3(C)C)cc1. The van der Waals surface area contributed by atoms with Crippen LogP contribution in [-0.2, 0) is 21.7 Å². The number of hydrogen-bond donors (Lipinski definition) is 1. The van der Waals surface area contributed by atoms with Crippen molar-refractivity contribution in [3.63, 3.8) is 0 Å². The Bertz CT molecular complexity index is 3790. The molecule has 1 N–H and O–H groups in total. The Morgan fingerprint density at radius 2 is 1.16 bits per heavy atom. The summed E-state index contributed by atoms with van der Waals surface area (Å²) in [6.07, 6.45) is 0. The van der Waals surface area contributed by atoms with Crippen molar-refractivity contribution in [2.75, 3.05) is 5.32 Å². The Balaban J connectivity index is 1.09. The van der Waals surface area contributed by atoms with Crippen molar-refractivity contribution in [1.82, 2.24) is 4.57 Å². The van der Waals surface area contributed by atoms with Gasteiger partial charge in [-0.15, -0.1) is 0 Å². The molecule has 2 aromatic heterocycles. The summed E-state index contributed by atoms with van der Waals surface area (Å²) < 4.78 is 9.27. The lowest BCUT2D eigenvalue weighted by atomic mass is 9.59. The van der Waals surface area contributed by atoms with Gasteiger partial charge in [0.2, 0.25) is 0 Å². The van der Waals surface area contributed by atoms with Crippen molar-refractivity contribution in [3.8, 4) is 50.4 Å². The van der Waals surface area contributed by atoms with Gasteiger partial charge in [0.1, 0.15) is 11.3 Å². The third kappa shape index (κ3) is 5.85. The van der Waals surface area contributed by atoms with Gasteiger partial charge in [-0.2, -0.15) is 0 Å². The first-order valence-corrected chi connectivity index (χ1v) is 24.4. The number of fused-ring (bicyclic) bond motifs is 12. The molecule has 10 aromatic rings. The summed E-state index contributed by atoms with van der Waals surface area (Å²) >= 11 is 0. The van der Waals surface area contributed by atoms with Crippen molar-refractivity contribution in [3.05, 3.63) is 185 Å². The summed E-state index contributed by atoms with van der Waals surface area (Å²) in [6.45, 7) is 23.4. The molecule has 0 amide bonds. The van der Waals surface area contributed by atoms with Gasteiger partial charge >= 0.3 is 0 Å². The fraction of sp³-hybridized carbons (Fsp3) is 0.219. The van der Waals surface area contributed by atoms with Gasteiger partial charge in [-0.3, -0.25) is 0 Å². The van der Waals surface area contributed by atoms with Crippen LogP contribution < -0.4 is 16.2 Å². The quantitative estimate of drug-likeness (QED) is 0.179. The van der Waals surface area contributed by atoms with Crippen LogP contribution in [0, 0.1) is 0 Å². The highest BCUT2D eigenvalue weighted by molar-refractivity contribution is 6.73. The van der Waals surface area contributed by atoms with E-state index < -0.39 is 0 Å². The molecule has 331 valence electrons. The number of nitrogens with one attached hydrogen (secondary N) is 1. The Morgan fingerprint density at radius 1 is 0.515 bits per heavy atom. The lowest BCUT2D eigenvalue weighted by molar-refractivity contribution is 0.584. The van der Waals surface area contributed by atoms with Crippen molar-refractivity contribution in [2.45, 2.75) is 90.9 Å². The smallest absolute Gasteiger partial charge is 0.197 e. The molecule has 68 heavy (non-hydrogen) atoms. The molecule has 13 rings (SSSR count). The number of nitrogens with zero attached hydrogens (tertiary/aromatic N) is 1. The van der Waals surface area contributed by atoms with E-state index in [-0.39, 0.29) is 21.7 Å². The van der Waals surface area contributed by atoms with Gasteiger partial charge in [0.15, 0.2) is 7.28 Å². The summed E-state index contributed by atoms with van der Waals surface area (Å²) in [5.74, 6) is 0.878. The molecule has 4 heteroatoms. The maximum atomic E-state index is 6.71. The molecule has 2 aliphatic carbocycles. The number of rotatable bonds is 4. The van der Waals surface area contributed by atoms with E-state index in [1.54, 1.807) is 0 Å². The van der Waals surface area contributed by atoms with Crippen LogP contribution in [0.25, 0.3) is 83.2 Å². The number of benzene rings is 8. The van der Waals surface area contributed by atoms with E-state index in [0.29, 0.717) is 0 Å². The van der Waals surface area contributed by atoms with E-state index in [2.05, 4.69) is 238 Å². The van der Waals surface area contributed by atoms with E-state index in [4.69, 9.17) is 4.42 Å². The van der Waals surface area contributed by atoms with Crippen molar-refractivity contribution in [2.24, 2.45) is 0 Å². The number of aromatic nitrogens is 1. The van der Waals surface area contributed by atoms with Crippen molar-refractivity contribution in [1.29, 1.82) is 0 Å². The third-order valence-corrected chi connectivity index (χ3v) is 15.9. The lowest BCUT2D eigenvalue weighted by Gasteiger charge is -2.27. The molecule has 1 aliphatic heterocycles. The largest absolute Gasteiger partial charge is 0.456 e. The molecule has 0 unspecified atom stereocenters. The fourth-order valence-corrected chi connectivity index (χ4v) is 12.0. The van der Waals surface area contributed by atoms with Crippen LogP contribution in [0.3, 0.4) is 0 Å². The average Bonchev–Trinajstić information content (AvgIpc) is 4.01. The topological polar surface area (TPSA) is 30.1 Å². The zero-order valence-electron chi connectivity index (χ0n) is 40.9. The molecule has 3 heterocycles. The predicted molar refractivity (Wildman–Crippen MR) is 289 cm³/mol. The van der Waals surface area contributed by atoms with Crippen LogP contribution >= 0.6 is 0 Å². The van der Waals surface area contributed by atoms with E-state index in [0.717, 1.165) is 39.4 Å². The average molecular weight is 880 g/mol. The van der Waals surface area contributed by atoms with Gasteiger partial charge < -0.3 is 14.3 Å². The van der Waals surface area contributed by atoms with E-state index >= 15 is 0 Å². The highest BCUT2D eigenvalue weighted by atomic mass is 16.3. The molecule has 3 aliphatic rings. The van der Waals surface area contributed by atoms with Crippen LogP contribution in [-0.4, -0.2) is 11.8 Å². The van der Waals surface area contributed by atoms with Crippen LogP contribution in [0.2, 0.25) is 0 Å². The van der Waals surface area contributed by atoms with Gasteiger partial charge in [-0.25, -0.2) is 0 Å². The second kappa shape index (κ2) is 13.8. The minimum atomic E-state index is -0.186. The second-order valence-electron chi connectivity index (χ2n) is 22.9. The third-order valence-electron chi connectivity index (χ3n) is 15.9. The van der Waals surface area contributed by atoms with Crippen molar-refractivity contribution < 1.29 is 4.42 Å². The molecule has 0 bridgehead atoms. The highest BCUT2D eigenvalue weighted by Crippen LogP contribution is 2.54. The normalized spacial score (nSPS) is 15.0. The molecule has 0 spiro atoms. The summed E-state index contributed by atoms with van der Waals surface area (Å²) in [6, 6.07) is 57.3. The zero-order valence-corrected chi connectivity index (χ0v) is 40.9. The summed E-state index contributed by atoms with van der Waals surface area (Å²) in [7, 11) is 2.45. The monoisotopic (exact) mass is 879 g/mol. The van der Waals surface area contributed by atoms with Gasteiger partial charge in [-0.05, 0) is 120 Å². The maximum Gasteiger partial charge on any atom is 0.197 e. The second-order valence-corrected chi connectivity index (χ2v) is 22.9. The number of hydrogen-bond acceptors (Lipinski definition) is 2. The molecule has 0 saturated carbocycles. The Labute approximate surface area is 401 Å².